The van der Waals surface area contributed by atoms with Gasteiger partial charge in [0.15, 0.2) is 17.6 Å². The third kappa shape index (κ3) is 4.89. The molecule has 0 spiro atoms. The van der Waals surface area contributed by atoms with Crippen molar-refractivity contribution in [2.45, 2.75) is 44.7 Å². The van der Waals surface area contributed by atoms with E-state index in [0.29, 0.717) is 17.9 Å². The molecule has 1 aliphatic rings. The summed E-state index contributed by atoms with van der Waals surface area (Å²) in [5.41, 5.74) is 0.915. The third-order valence-electron chi connectivity index (χ3n) is 3.74. The molecule has 3 unspecified atom stereocenters. The quantitative estimate of drug-likeness (QED) is 0.455. The molecule has 1 aromatic carbocycles. The van der Waals surface area contributed by atoms with Crippen LogP contribution in [0.15, 0.2) is 36.0 Å². The molecule has 1 aromatic rings. The summed E-state index contributed by atoms with van der Waals surface area (Å²) in [6.45, 7) is 9.23. The molecule has 1 amide bonds. The number of carbonyl (C=O) groups is 1. The lowest BCUT2D eigenvalue weighted by atomic mass is 10.1. The number of benzene rings is 1. The number of fused-ring (bicyclic) bond motifs is 1. The molecule has 0 radical (unpaired) electrons. The van der Waals surface area contributed by atoms with Gasteiger partial charge in [-0.05, 0) is 38.0 Å². The van der Waals surface area contributed by atoms with Crippen LogP contribution in [0.5, 0.6) is 11.5 Å². The number of hydrogen-bond acceptors (Lipinski definition) is 5. The Balaban J connectivity index is 2.03. The summed E-state index contributed by atoms with van der Waals surface area (Å²) in [5, 5.41) is 2.49. The second-order valence-corrected chi connectivity index (χ2v) is 6.28. The number of ether oxygens (including phenoxy) is 3. The lowest BCUT2D eigenvalue weighted by molar-refractivity contribution is -0.129. The molecule has 0 saturated carbocycles. The number of halogens is 1. The fourth-order valence-electron chi connectivity index (χ4n) is 2.36. The number of alkyl halides is 1. The predicted molar refractivity (Wildman–Crippen MR) is 97.2 cm³/mol. The normalized spacial score (nSPS) is 16.7. The zero-order valence-corrected chi connectivity index (χ0v) is 15.4. The molecule has 0 bridgehead atoms. The van der Waals surface area contributed by atoms with Crippen LogP contribution in [0.1, 0.15) is 38.8 Å². The highest BCUT2D eigenvalue weighted by atomic mass is 35.5. The predicted octanol–water partition coefficient (Wildman–Crippen LogP) is 3.56. The molecular weight excluding hydrogens is 344 g/mol. The van der Waals surface area contributed by atoms with Gasteiger partial charge in [0.25, 0.3) is 5.91 Å². The van der Waals surface area contributed by atoms with Crippen LogP contribution in [0, 0.1) is 0 Å². The Morgan fingerprint density at radius 2 is 2.16 bits per heavy atom. The van der Waals surface area contributed by atoms with Crippen LogP contribution in [0.3, 0.4) is 0 Å². The van der Waals surface area contributed by atoms with Crippen LogP contribution in [-0.4, -0.2) is 30.1 Å². The summed E-state index contributed by atoms with van der Waals surface area (Å²) in [4.78, 5) is 16.5. The maximum absolute atomic E-state index is 12.5. The summed E-state index contributed by atoms with van der Waals surface area (Å²) in [5.74, 6) is 1.42. The first-order valence-corrected chi connectivity index (χ1v) is 8.59. The van der Waals surface area contributed by atoms with Crippen molar-refractivity contribution in [1.82, 2.24) is 5.32 Å². The molecule has 2 rings (SSSR count). The summed E-state index contributed by atoms with van der Waals surface area (Å²) < 4.78 is 16.3. The Bertz CT molecular complexity index is 660. The first-order valence-electron chi connectivity index (χ1n) is 8.15. The Morgan fingerprint density at radius 3 is 2.80 bits per heavy atom. The smallest absolute Gasteiger partial charge is 0.261 e. The van der Waals surface area contributed by atoms with Gasteiger partial charge in [-0.25, -0.2) is 4.99 Å². The maximum atomic E-state index is 12.5. The van der Waals surface area contributed by atoms with E-state index in [1.165, 1.54) is 6.20 Å². The van der Waals surface area contributed by atoms with Gasteiger partial charge in [-0.1, -0.05) is 19.6 Å². The van der Waals surface area contributed by atoms with Gasteiger partial charge in [0.1, 0.15) is 5.38 Å². The van der Waals surface area contributed by atoms with Gasteiger partial charge in [0.2, 0.25) is 12.7 Å². The largest absolute Gasteiger partial charge is 0.466 e. The fourth-order valence-corrected chi connectivity index (χ4v) is 2.46. The average Bonchev–Trinajstić information content (AvgIpc) is 3.05. The molecule has 6 nitrogen and oxygen atoms in total. The van der Waals surface area contributed by atoms with Crippen LogP contribution < -0.4 is 14.8 Å². The van der Waals surface area contributed by atoms with E-state index in [4.69, 9.17) is 25.8 Å². The van der Waals surface area contributed by atoms with Crippen LogP contribution >= 0.6 is 11.6 Å². The number of carbonyl (C=O) groups excluding carboxylic acids is 1. The first-order chi connectivity index (χ1) is 12.0. The van der Waals surface area contributed by atoms with E-state index in [9.17, 15) is 4.79 Å². The SMILES string of the molecule is C=CN=C(OC(CC)C(=O)NC(C)c1ccc2c(c1)OCO2)C(C)Cl. The first kappa shape index (κ1) is 19.1. The number of rotatable bonds is 7. The highest BCUT2D eigenvalue weighted by Crippen LogP contribution is 2.34. The monoisotopic (exact) mass is 366 g/mol. The van der Waals surface area contributed by atoms with E-state index in [1.807, 2.05) is 32.0 Å². The second-order valence-electron chi connectivity index (χ2n) is 5.62. The Labute approximate surface area is 152 Å². The molecule has 0 saturated heterocycles. The zero-order valence-electron chi connectivity index (χ0n) is 14.6. The van der Waals surface area contributed by atoms with Crippen LogP contribution in [0.4, 0.5) is 0 Å². The highest BCUT2D eigenvalue weighted by molar-refractivity contribution is 6.30. The third-order valence-corrected chi connectivity index (χ3v) is 3.93. The minimum Gasteiger partial charge on any atom is -0.466 e. The maximum Gasteiger partial charge on any atom is 0.261 e. The number of nitrogens with one attached hydrogen (secondary N) is 1. The zero-order chi connectivity index (χ0) is 18.4. The van der Waals surface area contributed by atoms with Crippen molar-refractivity contribution in [2.24, 2.45) is 4.99 Å². The molecule has 0 aliphatic carbocycles. The van der Waals surface area contributed by atoms with E-state index < -0.39 is 11.5 Å². The van der Waals surface area contributed by atoms with Crippen LogP contribution in [0.25, 0.3) is 0 Å². The van der Waals surface area contributed by atoms with Crippen molar-refractivity contribution in [2.75, 3.05) is 6.79 Å². The molecule has 1 heterocycles. The standard InChI is InChI=1S/C18H23ClN2O4/c1-5-14(25-18(11(3)19)20-6-2)17(22)21-12(4)13-7-8-15-16(9-13)24-10-23-15/h6-9,11-12,14H,2,5,10H2,1,3-4H3,(H,21,22). The van der Waals surface area contributed by atoms with E-state index in [-0.39, 0.29) is 24.6 Å². The molecule has 25 heavy (non-hydrogen) atoms. The number of nitrogens with zero attached hydrogens (tertiary/aromatic N) is 1. The molecule has 1 aliphatic heterocycles. The van der Waals surface area contributed by atoms with E-state index in [1.54, 1.807) is 6.92 Å². The summed E-state index contributed by atoms with van der Waals surface area (Å²) in [6, 6.07) is 5.37. The average molecular weight is 367 g/mol. The minimum absolute atomic E-state index is 0.215. The number of aliphatic imine (C=N–C) groups is 1. The van der Waals surface area contributed by atoms with Crippen molar-refractivity contribution in [1.29, 1.82) is 0 Å². The lowest BCUT2D eigenvalue weighted by Gasteiger charge is -2.22. The molecule has 0 aromatic heterocycles. The molecule has 1 N–H and O–H groups in total. The van der Waals surface area contributed by atoms with E-state index >= 15 is 0 Å². The van der Waals surface area contributed by atoms with Gasteiger partial charge in [0.05, 0.1) is 6.04 Å². The number of amides is 1. The Hall–Kier alpha value is -2.21. The van der Waals surface area contributed by atoms with Crippen molar-refractivity contribution in [3.63, 3.8) is 0 Å². The van der Waals surface area contributed by atoms with Gasteiger partial charge in [0, 0.05) is 6.20 Å². The molecule has 0 fully saturated rings. The number of hydrogen-bond donors (Lipinski definition) is 1. The van der Waals surface area contributed by atoms with E-state index in [0.717, 1.165) is 5.56 Å². The van der Waals surface area contributed by atoms with Gasteiger partial charge in [-0.15, -0.1) is 11.6 Å². The van der Waals surface area contributed by atoms with Gasteiger partial charge in [-0.2, -0.15) is 0 Å². The molecule has 3 atom stereocenters. The van der Waals surface area contributed by atoms with Gasteiger partial charge < -0.3 is 19.5 Å². The molecule has 7 heteroatoms. The van der Waals surface area contributed by atoms with E-state index in [2.05, 4.69) is 16.9 Å². The Morgan fingerprint density at radius 1 is 1.44 bits per heavy atom. The summed E-state index contributed by atoms with van der Waals surface area (Å²) in [7, 11) is 0. The van der Waals surface area contributed by atoms with Gasteiger partial charge in [-0.3, -0.25) is 4.79 Å². The van der Waals surface area contributed by atoms with Crippen molar-refractivity contribution in [3.8, 4) is 11.5 Å². The molecular formula is C18H23ClN2O4. The fraction of sp³-hybridized carbons (Fsp3) is 0.444. The Kier molecular flexibility index (Phi) is 6.70. The molecule has 136 valence electrons. The van der Waals surface area contributed by atoms with Crippen LogP contribution in [-0.2, 0) is 9.53 Å². The van der Waals surface area contributed by atoms with Crippen LogP contribution in [0.2, 0.25) is 0 Å². The van der Waals surface area contributed by atoms with Crippen molar-refractivity contribution >= 4 is 23.4 Å². The van der Waals surface area contributed by atoms with Crippen molar-refractivity contribution < 1.29 is 19.0 Å². The summed E-state index contributed by atoms with van der Waals surface area (Å²) >= 11 is 6.02. The highest BCUT2D eigenvalue weighted by Gasteiger charge is 2.24. The lowest BCUT2D eigenvalue weighted by Crippen LogP contribution is -2.39. The summed E-state index contributed by atoms with van der Waals surface area (Å²) in [6.07, 6.45) is 1.14. The van der Waals surface area contributed by atoms with Gasteiger partial charge >= 0.3 is 0 Å². The second kappa shape index (κ2) is 8.76. The minimum atomic E-state index is -0.684. The topological polar surface area (TPSA) is 69.2 Å². The van der Waals surface area contributed by atoms with Crippen molar-refractivity contribution in [3.05, 3.63) is 36.5 Å².